The van der Waals surface area contributed by atoms with E-state index in [4.69, 9.17) is 15.6 Å². The lowest BCUT2D eigenvalue weighted by atomic mass is 9.79. The Morgan fingerprint density at radius 1 is 1.31 bits per heavy atom. The van der Waals surface area contributed by atoms with Crippen LogP contribution in [0.5, 0.6) is 0 Å². The number of rotatable bonds is 6. The second-order valence-electron chi connectivity index (χ2n) is 5.24. The smallest absolute Gasteiger partial charge is 0.0558 e. The average Bonchev–Trinajstić information content (AvgIpc) is 3.14. The van der Waals surface area contributed by atoms with E-state index in [0.29, 0.717) is 6.04 Å². The minimum Gasteiger partial charge on any atom is -0.395 e. The van der Waals surface area contributed by atoms with Gasteiger partial charge in [0.05, 0.1) is 6.61 Å². The predicted octanol–water partition coefficient (Wildman–Crippen LogP) is 0.199. The standard InChI is InChI=1S/C12H24N2O2/c13-9-12(3-7-16-8-4-12)10-14(5-6-15)11-1-2-11/h11,15H,1-10,13H2. The third kappa shape index (κ3) is 2.94. The van der Waals surface area contributed by atoms with Crippen LogP contribution in [0.3, 0.4) is 0 Å². The largest absolute Gasteiger partial charge is 0.395 e. The maximum absolute atomic E-state index is 9.10. The SMILES string of the molecule is NCC1(CN(CCO)C2CC2)CCOCC1. The van der Waals surface area contributed by atoms with Crippen molar-refractivity contribution < 1.29 is 9.84 Å². The number of aliphatic hydroxyl groups excluding tert-OH is 1. The van der Waals surface area contributed by atoms with E-state index in [0.717, 1.165) is 45.7 Å². The van der Waals surface area contributed by atoms with Crippen LogP contribution in [0.4, 0.5) is 0 Å². The van der Waals surface area contributed by atoms with Crippen molar-refractivity contribution >= 4 is 0 Å². The molecular weight excluding hydrogens is 204 g/mol. The number of ether oxygens (including phenoxy) is 1. The van der Waals surface area contributed by atoms with Gasteiger partial charge >= 0.3 is 0 Å². The van der Waals surface area contributed by atoms with Crippen molar-refractivity contribution in [3.05, 3.63) is 0 Å². The summed E-state index contributed by atoms with van der Waals surface area (Å²) in [4.78, 5) is 2.43. The molecule has 2 fully saturated rings. The molecule has 4 heteroatoms. The summed E-state index contributed by atoms with van der Waals surface area (Å²) in [6.45, 7) is 4.52. The molecule has 94 valence electrons. The van der Waals surface area contributed by atoms with Gasteiger partial charge in [0.25, 0.3) is 0 Å². The summed E-state index contributed by atoms with van der Waals surface area (Å²) in [5.74, 6) is 0. The second kappa shape index (κ2) is 5.45. The van der Waals surface area contributed by atoms with E-state index < -0.39 is 0 Å². The zero-order chi connectivity index (χ0) is 11.4. The van der Waals surface area contributed by atoms with Crippen LogP contribution in [-0.2, 0) is 4.74 Å². The van der Waals surface area contributed by atoms with E-state index >= 15 is 0 Å². The monoisotopic (exact) mass is 228 g/mol. The molecule has 16 heavy (non-hydrogen) atoms. The van der Waals surface area contributed by atoms with E-state index in [2.05, 4.69) is 4.90 Å². The topological polar surface area (TPSA) is 58.7 Å². The van der Waals surface area contributed by atoms with Gasteiger partial charge in [-0.15, -0.1) is 0 Å². The van der Waals surface area contributed by atoms with E-state index in [9.17, 15) is 0 Å². The van der Waals surface area contributed by atoms with Crippen LogP contribution < -0.4 is 5.73 Å². The van der Waals surface area contributed by atoms with Crippen molar-refractivity contribution in [1.82, 2.24) is 4.90 Å². The molecule has 0 amide bonds. The Labute approximate surface area is 97.7 Å². The van der Waals surface area contributed by atoms with Crippen LogP contribution in [0, 0.1) is 5.41 Å². The van der Waals surface area contributed by atoms with E-state index in [-0.39, 0.29) is 12.0 Å². The van der Waals surface area contributed by atoms with Crippen LogP contribution in [0.2, 0.25) is 0 Å². The molecule has 1 aliphatic carbocycles. The zero-order valence-electron chi connectivity index (χ0n) is 10.0. The number of hydrogen-bond acceptors (Lipinski definition) is 4. The summed E-state index contributed by atoms with van der Waals surface area (Å²) in [7, 11) is 0. The number of hydrogen-bond donors (Lipinski definition) is 2. The number of aliphatic hydroxyl groups is 1. The first-order valence-corrected chi connectivity index (χ1v) is 6.42. The normalized spacial score (nSPS) is 24.9. The molecule has 2 rings (SSSR count). The molecule has 0 radical (unpaired) electrons. The summed E-state index contributed by atoms with van der Waals surface area (Å²) in [6, 6.07) is 0.707. The third-order valence-corrected chi connectivity index (χ3v) is 3.98. The maximum atomic E-state index is 9.10. The van der Waals surface area contributed by atoms with Gasteiger partial charge in [-0.05, 0) is 37.6 Å². The summed E-state index contributed by atoms with van der Waals surface area (Å²) < 4.78 is 5.42. The van der Waals surface area contributed by atoms with Gasteiger partial charge in [-0.1, -0.05) is 0 Å². The predicted molar refractivity (Wildman–Crippen MR) is 63.2 cm³/mol. The average molecular weight is 228 g/mol. The van der Waals surface area contributed by atoms with Crippen molar-refractivity contribution in [2.24, 2.45) is 11.1 Å². The fourth-order valence-corrected chi connectivity index (χ4v) is 2.62. The van der Waals surface area contributed by atoms with Crippen LogP contribution in [0.25, 0.3) is 0 Å². The molecule has 0 aromatic heterocycles. The quantitative estimate of drug-likeness (QED) is 0.682. The van der Waals surface area contributed by atoms with E-state index in [1.807, 2.05) is 0 Å². The molecule has 3 N–H and O–H groups in total. The van der Waals surface area contributed by atoms with E-state index in [1.54, 1.807) is 0 Å². The Balaban J connectivity index is 1.91. The Kier molecular flexibility index (Phi) is 4.19. The van der Waals surface area contributed by atoms with Crippen molar-refractivity contribution in [2.45, 2.75) is 31.7 Å². The first-order valence-electron chi connectivity index (χ1n) is 6.42. The fourth-order valence-electron chi connectivity index (χ4n) is 2.62. The first kappa shape index (κ1) is 12.3. The molecule has 1 saturated heterocycles. The highest BCUT2D eigenvalue weighted by Crippen LogP contribution is 2.35. The molecule has 0 atom stereocenters. The third-order valence-electron chi connectivity index (χ3n) is 3.98. The minimum atomic E-state index is 0.232. The molecule has 1 saturated carbocycles. The van der Waals surface area contributed by atoms with Crippen LogP contribution in [0.1, 0.15) is 25.7 Å². The van der Waals surface area contributed by atoms with Crippen molar-refractivity contribution in [1.29, 1.82) is 0 Å². The highest BCUT2D eigenvalue weighted by atomic mass is 16.5. The first-order chi connectivity index (χ1) is 7.79. The summed E-state index contributed by atoms with van der Waals surface area (Å²) in [5.41, 5.74) is 6.19. The highest BCUT2D eigenvalue weighted by Gasteiger charge is 2.37. The van der Waals surface area contributed by atoms with Crippen LogP contribution in [-0.4, -0.2) is 55.5 Å². The Morgan fingerprint density at radius 3 is 2.50 bits per heavy atom. The van der Waals surface area contributed by atoms with Gasteiger partial charge in [-0.25, -0.2) is 0 Å². The summed E-state index contributed by atoms with van der Waals surface area (Å²) in [6.07, 6.45) is 4.71. The summed E-state index contributed by atoms with van der Waals surface area (Å²) >= 11 is 0. The van der Waals surface area contributed by atoms with Crippen LogP contribution >= 0.6 is 0 Å². The molecule has 0 spiro atoms. The number of nitrogens with zero attached hydrogens (tertiary/aromatic N) is 1. The van der Waals surface area contributed by atoms with Gasteiger partial charge in [0.2, 0.25) is 0 Å². The van der Waals surface area contributed by atoms with Gasteiger partial charge in [0.15, 0.2) is 0 Å². The van der Waals surface area contributed by atoms with Crippen molar-refractivity contribution in [3.8, 4) is 0 Å². The van der Waals surface area contributed by atoms with Gasteiger partial charge < -0.3 is 15.6 Å². The Bertz CT molecular complexity index is 213. The molecule has 1 heterocycles. The molecule has 1 aliphatic heterocycles. The molecule has 0 aromatic rings. The molecule has 2 aliphatic rings. The molecule has 0 aromatic carbocycles. The molecule has 0 unspecified atom stereocenters. The second-order valence-corrected chi connectivity index (χ2v) is 5.24. The molecule has 0 bridgehead atoms. The lowest BCUT2D eigenvalue weighted by Crippen LogP contribution is -2.47. The highest BCUT2D eigenvalue weighted by molar-refractivity contribution is 4.92. The lowest BCUT2D eigenvalue weighted by Gasteiger charge is -2.40. The molecular formula is C12H24N2O2. The fraction of sp³-hybridized carbons (Fsp3) is 1.00. The lowest BCUT2D eigenvalue weighted by molar-refractivity contribution is -0.00386. The zero-order valence-corrected chi connectivity index (χ0v) is 10.0. The number of nitrogens with two attached hydrogens (primary N) is 1. The molecule has 4 nitrogen and oxygen atoms in total. The Hall–Kier alpha value is -0.160. The van der Waals surface area contributed by atoms with Crippen molar-refractivity contribution in [3.63, 3.8) is 0 Å². The van der Waals surface area contributed by atoms with E-state index in [1.165, 1.54) is 12.8 Å². The summed E-state index contributed by atoms with van der Waals surface area (Å²) in [5, 5.41) is 9.10. The van der Waals surface area contributed by atoms with Gasteiger partial charge in [0.1, 0.15) is 0 Å². The van der Waals surface area contributed by atoms with Crippen LogP contribution in [0.15, 0.2) is 0 Å². The van der Waals surface area contributed by atoms with Gasteiger partial charge in [-0.2, -0.15) is 0 Å². The maximum Gasteiger partial charge on any atom is 0.0558 e. The minimum absolute atomic E-state index is 0.232. The van der Waals surface area contributed by atoms with Crippen molar-refractivity contribution in [2.75, 3.05) is 39.5 Å². The Morgan fingerprint density at radius 2 is 2.00 bits per heavy atom. The van der Waals surface area contributed by atoms with Gasteiger partial charge in [0, 0.05) is 32.3 Å². The van der Waals surface area contributed by atoms with Gasteiger partial charge in [-0.3, -0.25) is 4.90 Å².